The molecule has 4 nitrogen and oxygen atoms in total. The summed E-state index contributed by atoms with van der Waals surface area (Å²) in [6, 6.07) is 5.96. The summed E-state index contributed by atoms with van der Waals surface area (Å²) in [4.78, 5) is 16.3. The van der Waals surface area contributed by atoms with Gasteiger partial charge in [0.25, 0.3) is 0 Å². The van der Waals surface area contributed by atoms with Crippen molar-refractivity contribution in [3.63, 3.8) is 0 Å². The quantitative estimate of drug-likeness (QED) is 0.791. The Hall–Kier alpha value is -2.50. The zero-order valence-electron chi connectivity index (χ0n) is 14.1. The lowest BCUT2D eigenvalue weighted by Crippen LogP contribution is -2.36. The largest absolute Gasteiger partial charge is 0.489 e. The maximum absolute atomic E-state index is 14.0. The molecule has 2 atom stereocenters. The van der Waals surface area contributed by atoms with Crippen LogP contribution >= 0.6 is 0 Å². The van der Waals surface area contributed by atoms with Crippen molar-refractivity contribution >= 4 is 5.97 Å². The minimum Gasteiger partial charge on any atom is -0.489 e. The molecule has 1 heterocycles. The van der Waals surface area contributed by atoms with E-state index in [0.29, 0.717) is 36.1 Å². The number of rotatable bonds is 4. The summed E-state index contributed by atoms with van der Waals surface area (Å²) >= 11 is 0. The van der Waals surface area contributed by atoms with Gasteiger partial charge in [-0.05, 0) is 37.0 Å². The maximum atomic E-state index is 14.0. The van der Waals surface area contributed by atoms with Gasteiger partial charge in [-0.2, -0.15) is 0 Å². The van der Waals surface area contributed by atoms with E-state index in [9.17, 15) is 13.6 Å². The lowest BCUT2D eigenvalue weighted by Gasteiger charge is -2.28. The SMILES string of the molecule is COC(=O)[C@@]1(c2cccc(F)c2C)CC[C@H](Oc2cncc(F)c2)C1. The van der Waals surface area contributed by atoms with E-state index in [-0.39, 0.29) is 11.9 Å². The van der Waals surface area contributed by atoms with Crippen molar-refractivity contribution in [1.29, 1.82) is 0 Å². The van der Waals surface area contributed by atoms with Gasteiger partial charge in [0.1, 0.15) is 23.5 Å². The number of esters is 1. The highest BCUT2D eigenvalue weighted by Crippen LogP contribution is 2.45. The van der Waals surface area contributed by atoms with E-state index in [2.05, 4.69) is 4.98 Å². The van der Waals surface area contributed by atoms with Gasteiger partial charge in [-0.15, -0.1) is 0 Å². The molecule has 0 N–H and O–H groups in total. The van der Waals surface area contributed by atoms with Crippen LogP contribution in [0.2, 0.25) is 0 Å². The van der Waals surface area contributed by atoms with E-state index < -0.39 is 17.2 Å². The van der Waals surface area contributed by atoms with Crippen LogP contribution in [0.5, 0.6) is 5.75 Å². The van der Waals surface area contributed by atoms with Gasteiger partial charge < -0.3 is 9.47 Å². The molecule has 0 bridgehead atoms. The summed E-state index contributed by atoms with van der Waals surface area (Å²) in [6.45, 7) is 1.65. The standard InChI is InChI=1S/C19H19F2NO3/c1-12-16(4-3-5-17(12)21)19(18(23)24-2)7-6-14(9-19)25-15-8-13(20)10-22-11-15/h3-5,8,10-11,14H,6-7,9H2,1-2H3/t14-,19-/m0/s1. The molecule has 6 heteroatoms. The highest BCUT2D eigenvalue weighted by molar-refractivity contribution is 5.84. The van der Waals surface area contributed by atoms with E-state index in [4.69, 9.17) is 9.47 Å². The van der Waals surface area contributed by atoms with E-state index in [1.54, 1.807) is 19.1 Å². The molecule has 3 rings (SSSR count). The first-order valence-corrected chi connectivity index (χ1v) is 8.07. The average Bonchev–Trinajstić information content (AvgIpc) is 3.01. The molecule has 2 aromatic rings. The molecule has 1 aromatic carbocycles. The summed E-state index contributed by atoms with van der Waals surface area (Å²) in [7, 11) is 1.32. The van der Waals surface area contributed by atoms with Crippen molar-refractivity contribution in [3.05, 3.63) is 59.4 Å². The fraction of sp³-hybridized carbons (Fsp3) is 0.368. The second-order valence-electron chi connectivity index (χ2n) is 6.31. The van der Waals surface area contributed by atoms with Gasteiger partial charge in [-0.25, -0.2) is 8.78 Å². The zero-order valence-corrected chi connectivity index (χ0v) is 14.1. The number of pyridine rings is 1. The normalized spacial score (nSPS) is 22.6. The molecule has 0 saturated heterocycles. The van der Waals surface area contributed by atoms with Gasteiger partial charge in [0, 0.05) is 12.5 Å². The molecule has 132 valence electrons. The van der Waals surface area contributed by atoms with Crippen molar-refractivity contribution in [3.8, 4) is 5.75 Å². The fourth-order valence-electron chi connectivity index (χ4n) is 3.61. The second kappa shape index (κ2) is 6.78. The van der Waals surface area contributed by atoms with E-state index >= 15 is 0 Å². The average molecular weight is 347 g/mol. The van der Waals surface area contributed by atoms with Crippen LogP contribution in [0.3, 0.4) is 0 Å². The van der Waals surface area contributed by atoms with Crippen molar-refractivity contribution in [1.82, 2.24) is 4.98 Å². The van der Waals surface area contributed by atoms with E-state index in [1.807, 2.05) is 0 Å². The van der Waals surface area contributed by atoms with Crippen molar-refractivity contribution in [2.75, 3.05) is 7.11 Å². The van der Waals surface area contributed by atoms with Crippen LogP contribution in [0.15, 0.2) is 36.7 Å². The Morgan fingerprint density at radius 2 is 2.12 bits per heavy atom. The molecule has 0 amide bonds. The second-order valence-corrected chi connectivity index (χ2v) is 6.31. The number of carbonyl (C=O) groups excluding carboxylic acids is 1. The third-order valence-electron chi connectivity index (χ3n) is 4.81. The van der Waals surface area contributed by atoms with Crippen LogP contribution in [0.1, 0.15) is 30.4 Å². The fourth-order valence-corrected chi connectivity index (χ4v) is 3.61. The van der Waals surface area contributed by atoms with Crippen molar-refractivity contribution < 1.29 is 23.0 Å². The number of hydrogen-bond donors (Lipinski definition) is 0. The van der Waals surface area contributed by atoms with Crippen LogP contribution in [0.25, 0.3) is 0 Å². The number of hydrogen-bond acceptors (Lipinski definition) is 4. The van der Waals surface area contributed by atoms with Gasteiger partial charge in [-0.3, -0.25) is 9.78 Å². The molecule has 0 unspecified atom stereocenters. The highest BCUT2D eigenvalue weighted by Gasteiger charge is 2.49. The Bertz CT molecular complexity index is 796. The number of methoxy groups -OCH3 is 1. The number of halogens is 2. The maximum Gasteiger partial charge on any atom is 0.316 e. The van der Waals surface area contributed by atoms with E-state index in [1.165, 1.54) is 25.4 Å². The van der Waals surface area contributed by atoms with Gasteiger partial charge in [0.05, 0.1) is 24.9 Å². The van der Waals surface area contributed by atoms with Gasteiger partial charge >= 0.3 is 5.97 Å². The van der Waals surface area contributed by atoms with Crippen LogP contribution in [-0.2, 0) is 14.9 Å². The predicted octanol–water partition coefficient (Wildman–Crippen LogP) is 3.71. The van der Waals surface area contributed by atoms with Crippen LogP contribution in [0, 0.1) is 18.6 Å². The van der Waals surface area contributed by atoms with Crippen LogP contribution in [0.4, 0.5) is 8.78 Å². The first-order chi connectivity index (χ1) is 12.0. The first kappa shape index (κ1) is 17.3. The summed E-state index contributed by atoms with van der Waals surface area (Å²) in [5.41, 5.74) is 0.0793. The molecule has 0 spiro atoms. The Balaban J connectivity index is 1.91. The minimum atomic E-state index is -0.966. The lowest BCUT2D eigenvalue weighted by atomic mass is 9.76. The highest BCUT2D eigenvalue weighted by atomic mass is 19.1. The molecule has 1 saturated carbocycles. The molecule has 1 fully saturated rings. The topological polar surface area (TPSA) is 48.4 Å². The van der Waals surface area contributed by atoms with Gasteiger partial charge in [-0.1, -0.05) is 12.1 Å². The number of nitrogens with zero attached hydrogens (tertiary/aromatic N) is 1. The van der Waals surface area contributed by atoms with E-state index in [0.717, 1.165) is 6.20 Å². The number of carbonyl (C=O) groups is 1. The number of ether oxygens (including phenoxy) is 2. The molecule has 1 aliphatic rings. The molecule has 0 radical (unpaired) electrons. The Kier molecular flexibility index (Phi) is 4.70. The Morgan fingerprint density at radius 3 is 2.84 bits per heavy atom. The minimum absolute atomic E-state index is 0.307. The first-order valence-electron chi connectivity index (χ1n) is 8.07. The third kappa shape index (κ3) is 3.21. The Labute approximate surface area is 144 Å². The summed E-state index contributed by atoms with van der Waals surface area (Å²) in [5, 5.41) is 0. The Morgan fingerprint density at radius 1 is 1.32 bits per heavy atom. The van der Waals surface area contributed by atoms with Gasteiger partial charge in [0.2, 0.25) is 0 Å². The molecule has 0 aliphatic heterocycles. The predicted molar refractivity (Wildman–Crippen MR) is 87.3 cm³/mol. The summed E-state index contributed by atoms with van der Waals surface area (Å²) in [5.74, 6) is -0.957. The van der Waals surface area contributed by atoms with Crippen LogP contribution < -0.4 is 4.74 Å². The van der Waals surface area contributed by atoms with Crippen LogP contribution in [-0.4, -0.2) is 24.2 Å². The number of benzene rings is 1. The molecule has 1 aliphatic carbocycles. The lowest BCUT2D eigenvalue weighted by molar-refractivity contribution is -0.147. The number of aromatic nitrogens is 1. The molecular weight excluding hydrogens is 328 g/mol. The van der Waals surface area contributed by atoms with Crippen molar-refractivity contribution in [2.45, 2.75) is 37.7 Å². The molecule has 25 heavy (non-hydrogen) atoms. The third-order valence-corrected chi connectivity index (χ3v) is 4.81. The van der Waals surface area contributed by atoms with Crippen molar-refractivity contribution in [2.24, 2.45) is 0 Å². The molecular formula is C19H19F2NO3. The van der Waals surface area contributed by atoms with Gasteiger partial charge in [0.15, 0.2) is 0 Å². The smallest absolute Gasteiger partial charge is 0.316 e. The summed E-state index contributed by atoms with van der Waals surface area (Å²) < 4.78 is 38.1. The zero-order chi connectivity index (χ0) is 18.0. The summed E-state index contributed by atoms with van der Waals surface area (Å²) in [6.07, 6.45) is 3.58. The molecule has 1 aromatic heterocycles. The monoisotopic (exact) mass is 347 g/mol.